The largest absolute Gasteiger partial charge is 0.481 e. The summed E-state index contributed by atoms with van der Waals surface area (Å²) in [5.74, 6) is -1.04. The first-order valence-corrected chi connectivity index (χ1v) is 8.07. The van der Waals surface area contributed by atoms with E-state index in [1.54, 1.807) is 44.2 Å². The molecule has 0 aliphatic rings. The van der Waals surface area contributed by atoms with Crippen LogP contribution >= 0.6 is 0 Å². The molecule has 0 saturated heterocycles. The van der Waals surface area contributed by atoms with Gasteiger partial charge in [-0.15, -0.1) is 0 Å². The van der Waals surface area contributed by atoms with E-state index in [9.17, 15) is 13.2 Å². The summed E-state index contributed by atoms with van der Waals surface area (Å²) < 4.78 is 26.2. The molecular weight excluding hydrogens is 292 g/mol. The van der Waals surface area contributed by atoms with Crippen molar-refractivity contribution in [2.45, 2.75) is 37.9 Å². The molecule has 0 radical (unpaired) electrons. The van der Waals surface area contributed by atoms with Crippen molar-refractivity contribution in [3.8, 4) is 6.07 Å². The third kappa shape index (κ3) is 4.76. The molecule has 1 aromatic carbocycles. The number of hydrogen-bond donors (Lipinski definition) is 2. The van der Waals surface area contributed by atoms with Gasteiger partial charge in [-0.1, -0.05) is 26.0 Å². The zero-order valence-electron chi connectivity index (χ0n) is 11.9. The van der Waals surface area contributed by atoms with Crippen molar-refractivity contribution in [1.29, 1.82) is 5.26 Å². The third-order valence-electron chi connectivity index (χ3n) is 3.11. The molecule has 0 fully saturated rings. The van der Waals surface area contributed by atoms with Gasteiger partial charge >= 0.3 is 5.97 Å². The summed E-state index contributed by atoms with van der Waals surface area (Å²) in [5.41, 5.74) is 1.17. The first-order chi connectivity index (χ1) is 9.80. The number of nitrogens with one attached hydrogen (secondary N) is 1. The fourth-order valence-corrected chi connectivity index (χ4v) is 3.06. The molecule has 1 aromatic rings. The molecule has 0 aliphatic heterocycles. The average Bonchev–Trinajstić information content (AvgIpc) is 2.39. The fraction of sp³-hybridized carbons (Fsp3) is 0.429. The van der Waals surface area contributed by atoms with Gasteiger partial charge in [-0.3, -0.25) is 9.52 Å². The molecule has 2 atom stereocenters. The molecule has 21 heavy (non-hydrogen) atoms. The van der Waals surface area contributed by atoms with Crippen LogP contribution in [0.25, 0.3) is 0 Å². The lowest BCUT2D eigenvalue weighted by Gasteiger charge is -2.13. The standard InChI is InChI=1S/C14H18N2O4S/c1-3-13(9-15)21(19,20)16-12-6-4-11(5-7-12)10(2)8-14(17)18/h4-7,10,13,16H,3,8H2,1-2H3,(H,17,18). The Morgan fingerprint density at radius 1 is 1.38 bits per heavy atom. The van der Waals surface area contributed by atoms with Crippen LogP contribution in [0.4, 0.5) is 5.69 Å². The Bertz CT molecular complexity index is 632. The maximum absolute atomic E-state index is 11.9. The molecule has 114 valence electrons. The van der Waals surface area contributed by atoms with Crippen LogP contribution in [0.2, 0.25) is 0 Å². The topological polar surface area (TPSA) is 107 Å². The van der Waals surface area contributed by atoms with Gasteiger partial charge in [0.15, 0.2) is 5.25 Å². The summed E-state index contributed by atoms with van der Waals surface area (Å²) in [4.78, 5) is 10.7. The lowest BCUT2D eigenvalue weighted by molar-refractivity contribution is -0.137. The molecule has 0 spiro atoms. The Hall–Kier alpha value is -2.07. The van der Waals surface area contributed by atoms with E-state index in [0.717, 1.165) is 5.56 Å². The molecule has 1 rings (SSSR count). The number of benzene rings is 1. The van der Waals surface area contributed by atoms with Crippen LogP contribution in [0.3, 0.4) is 0 Å². The van der Waals surface area contributed by atoms with E-state index >= 15 is 0 Å². The molecule has 0 aliphatic carbocycles. The van der Waals surface area contributed by atoms with E-state index in [1.165, 1.54) is 0 Å². The van der Waals surface area contributed by atoms with Gasteiger partial charge in [0.1, 0.15) is 0 Å². The van der Waals surface area contributed by atoms with Crippen molar-refractivity contribution in [2.75, 3.05) is 4.72 Å². The molecule has 7 heteroatoms. The number of nitrogens with zero attached hydrogens (tertiary/aromatic N) is 1. The van der Waals surface area contributed by atoms with E-state index < -0.39 is 21.2 Å². The summed E-state index contributed by atoms with van der Waals surface area (Å²) in [6.07, 6.45) is 0.219. The minimum atomic E-state index is -3.73. The smallest absolute Gasteiger partial charge is 0.303 e. The molecule has 0 saturated carbocycles. The number of hydrogen-bond acceptors (Lipinski definition) is 4. The number of carboxylic acids is 1. The number of carboxylic acid groups (broad SMARTS) is 1. The summed E-state index contributed by atoms with van der Waals surface area (Å²) >= 11 is 0. The van der Waals surface area contributed by atoms with E-state index in [1.807, 2.05) is 0 Å². The highest BCUT2D eigenvalue weighted by Gasteiger charge is 2.23. The molecule has 0 amide bonds. The quantitative estimate of drug-likeness (QED) is 0.803. The van der Waals surface area contributed by atoms with Crippen LogP contribution in [0.5, 0.6) is 0 Å². The van der Waals surface area contributed by atoms with Crippen molar-refractivity contribution in [3.05, 3.63) is 29.8 Å². The molecule has 2 unspecified atom stereocenters. The van der Waals surface area contributed by atoms with Gasteiger partial charge in [0.2, 0.25) is 10.0 Å². The van der Waals surface area contributed by atoms with Crippen molar-refractivity contribution < 1.29 is 18.3 Å². The molecule has 2 N–H and O–H groups in total. The summed E-state index contributed by atoms with van der Waals surface area (Å²) in [6, 6.07) is 8.24. The predicted molar refractivity (Wildman–Crippen MR) is 79.3 cm³/mol. The summed E-state index contributed by atoms with van der Waals surface area (Å²) in [7, 11) is -3.73. The van der Waals surface area contributed by atoms with Gasteiger partial charge in [-0.25, -0.2) is 8.42 Å². The van der Waals surface area contributed by atoms with Crippen LogP contribution in [-0.4, -0.2) is 24.7 Å². The Balaban J connectivity index is 2.85. The maximum Gasteiger partial charge on any atom is 0.303 e. The van der Waals surface area contributed by atoms with E-state index in [-0.39, 0.29) is 18.8 Å². The SMILES string of the molecule is CCC(C#N)S(=O)(=O)Nc1ccc(C(C)CC(=O)O)cc1. The first-order valence-electron chi connectivity index (χ1n) is 6.53. The van der Waals surface area contributed by atoms with Gasteiger partial charge in [0, 0.05) is 5.69 Å². The molecule has 6 nitrogen and oxygen atoms in total. The molecule has 0 heterocycles. The van der Waals surface area contributed by atoms with Gasteiger partial charge in [0.25, 0.3) is 0 Å². The Morgan fingerprint density at radius 2 is 1.95 bits per heavy atom. The lowest BCUT2D eigenvalue weighted by atomic mass is 9.98. The predicted octanol–water partition coefficient (Wildman–Crippen LogP) is 2.31. The monoisotopic (exact) mass is 310 g/mol. The summed E-state index contributed by atoms with van der Waals surface area (Å²) in [6.45, 7) is 3.42. The highest BCUT2D eigenvalue weighted by molar-refractivity contribution is 7.93. The highest BCUT2D eigenvalue weighted by atomic mass is 32.2. The van der Waals surface area contributed by atoms with Crippen molar-refractivity contribution >= 4 is 21.7 Å². The zero-order chi connectivity index (χ0) is 16.0. The van der Waals surface area contributed by atoms with E-state index in [0.29, 0.717) is 5.69 Å². The number of aliphatic carboxylic acids is 1. The number of anilines is 1. The second-order valence-electron chi connectivity index (χ2n) is 4.79. The average molecular weight is 310 g/mol. The Kier molecular flexibility index (Phi) is 5.73. The first kappa shape index (κ1) is 17.0. The van der Waals surface area contributed by atoms with Gasteiger partial charge in [-0.05, 0) is 30.0 Å². The van der Waals surface area contributed by atoms with Crippen molar-refractivity contribution in [1.82, 2.24) is 0 Å². The zero-order valence-corrected chi connectivity index (χ0v) is 12.7. The second-order valence-corrected chi connectivity index (χ2v) is 6.66. The van der Waals surface area contributed by atoms with Crippen LogP contribution in [-0.2, 0) is 14.8 Å². The molecule has 0 aromatic heterocycles. The van der Waals surface area contributed by atoms with Crippen molar-refractivity contribution in [2.24, 2.45) is 0 Å². The number of nitriles is 1. The van der Waals surface area contributed by atoms with E-state index in [2.05, 4.69) is 4.72 Å². The van der Waals surface area contributed by atoms with Crippen molar-refractivity contribution in [3.63, 3.8) is 0 Å². The normalized spacial score (nSPS) is 14.0. The van der Waals surface area contributed by atoms with Crippen LogP contribution in [0.15, 0.2) is 24.3 Å². The fourth-order valence-electron chi connectivity index (χ4n) is 1.87. The van der Waals surface area contributed by atoms with Gasteiger partial charge in [-0.2, -0.15) is 5.26 Å². The Labute approximate surface area is 124 Å². The minimum absolute atomic E-state index is 0.0113. The van der Waals surface area contributed by atoms with Crippen LogP contribution in [0, 0.1) is 11.3 Å². The number of carbonyl (C=O) groups is 1. The highest BCUT2D eigenvalue weighted by Crippen LogP contribution is 2.22. The number of sulfonamides is 1. The molecular formula is C14H18N2O4S. The summed E-state index contributed by atoms with van der Waals surface area (Å²) in [5, 5.41) is 16.5. The number of rotatable bonds is 7. The second kappa shape index (κ2) is 7.09. The lowest BCUT2D eigenvalue weighted by Crippen LogP contribution is -2.25. The minimum Gasteiger partial charge on any atom is -0.481 e. The molecule has 0 bridgehead atoms. The van der Waals surface area contributed by atoms with Crippen LogP contribution in [0.1, 0.15) is 38.2 Å². The Morgan fingerprint density at radius 3 is 2.38 bits per heavy atom. The van der Waals surface area contributed by atoms with Gasteiger partial charge in [0.05, 0.1) is 12.5 Å². The van der Waals surface area contributed by atoms with Crippen LogP contribution < -0.4 is 4.72 Å². The third-order valence-corrected chi connectivity index (χ3v) is 4.82. The van der Waals surface area contributed by atoms with Gasteiger partial charge < -0.3 is 5.11 Å². The van der Waals surface area contributed by atoms with E-state index in [4.69, 9.17) is 10.4 Å². The maximum atomic E-state index is 11.9.